The number of sulfonamides is 1. The number of benzene rings is 2. The summed E-state index contributed by atoms with van der Waals surface area (Å²) in [6, 6.07) is 11.0. The molecule has 0 amide bonds. The van der Waals surface area contributed by atoms with E-state index in [0.717, 1.165) is 22.2 Å². The molecule has 0 fully saturated rings. The lowest BCUT2D eigenvalue weighted by Gasteiger charge is -2.17. The van der Waals surface area contributed by atoms with Crippen LogP contribution in [-0.4, -0.2) is 39.0 Å². The third kappa shape index (κ3) is 3.27. The highest BCUT2D eigenvalue weighted by atomic mass is 32.2. The van der Waals surface area contributed by atoms with E-state index >= 15 is 0 Å². The van der Waals surface area contributed by atoms with E-state index in [0.29, 0.717) is 17.9 Å². The van der Waals surface area contributed by atoms with Gasteiger partial charge in [-0.15, -0.1) is 0 Å². The molecule has 0 saturated heterocycles. The number of aromatic nitrogens is 2. The van der Waals surface area contributed by atoms with Gasteiger partial charge in [0.1, 0.15) is 0 Å². The van der Waals surface area contributed by atoms with Crippen molar-refractivity contribution in [3.63, 3.8) is 0 Å². The first-order chi connectivity index (χ1) is 11.5. The summed E-state index contributed by atoms with van der Waals surface area (Å²) in [6.45, 7) is 0.303. The van der Waals surface area contributed by atoms with Gasteiger partial charge < -0.3 is 9.88 Å². The van der Waals surface area contributed by atoms with Crippen LogP contribution in [0.1, 0.15) is 5.69 Å². The van der Waals surface area contributed by atoms with Gasteiger partial charge in [-0.3, -0.25) is 0 Å². The standard InChI is InChI=1S/C17H20N4O2S/c1-21(2)16-7-3-6-15-14(16)5-4-8-17(15)24(22,23)20-10-9-13-11-18-12-19-13/h3-8,11-12,20H,9-10H2,1-2H3,(H,18,19). The third-order valence-corrected chi connectivity index (χ3v) is 5.38. The van der Waals surface area contributed by atoms with Crippen LogP contribution in [0, 0.1) is 0 Å². The minimum absolute atomic E-state index is 0.297. The molecule has 24 heavy (non-hydrogen) atoms. The van der Waals surface area contributed by atoms with Crippen molar-refractivity contribution < 1.29 is 8.42 Å². The molecule has 1 heterocycles. The van der Waals surface area contributed by atoms with Crippen LogP contribution in [0.3, 0.4) is 0 Å². The summed E-state index contributed by atoms with van der Waals surface area (Å²) in [5, 5.41) is 1.63. The van der Waals surface area contributed by atoms with E-state index in [-0.39, 0.29) is 0 Å². The second-order valence-corrected chi connectivity index (χ2v) is 7.47. The Morgan fingerprint density at radius 1 is 1.12 bits per heavy atom. The maximum atomic E-state index is 12.7. The van der Waals surface area contributed by atoms with Crippen molar-refractivity contribution in [2.75, 3.05) is 25.5 Å². The molecule has 0 radical (unpaired) electrons. The first-order valence-corrected chi connectivity index (χ1v) is 9.14. The Bertz CT molecular complexity index is 934. The molecule has 0 bridgehead atoms. The highest BCUT2D eigenvalue weighted by Gasteiger charge is 2.18. The monoisotopic (exact) mass is 344 g/mol. The van der Waals surface area contributed by atoms with Gasteiger partial charge in [0.05, 0.1) is 16.9 Å². The molecule has 126 valence electrons. The van der Waals surface area contributed by atoms with E-state index in [2.05, 4.69) is 14.7 Å². The fourth-order valence-corrected chi connectivity index (χ4v) is 3.96. The predicted molar refractivity (Wildman–Crippen MR) is 95.8 cm³/mol. The van der Waals surface area contributed by atoms with E-state index in [1.54, 1.807) is 24.7 Å². The van der Waals surface area contributed by atoms with Crippen LogP contribution in [-0.2, 0) is 16.4 Å². The van der Waals surface area contributed by atoms with Gasteiger partial charge in [0, 0.05) is 49.7 Å². The van der Waals surface area contributed by atoms with Crippen LogP contribution in [0.5, 0.6) is 0 Å². The zero-order valence-corrected chi connectivity index (χ0v) is 14.5. The molecule has 0 aliphatic carbocycles. The van der Waals surface area contributed by atoms with E-state index < -0.39 is 10.0 Å². The van der Waals surface area contributed by atoms with E-state index in [1.807, 2.05) is 43.3 Å². The lowest BCUT2D eigenvalue weighted by molar-refractivity contribution is 0.582. The summed E-state index contributed by atoms with van der Waals surface area (Å²) in [5.41, 5.74) is 1.81. The van der Waals surface area contributed by atoms with Gasteiger partial charge in [-0.1, -0.05) is 24.3 Å². The number of hydrogen-bond acceptors (Lipinski definition) is 4. The topological polar surface area (TPSA) is 78.1 Å². The molecular weight excluding hydrogens is 324 g/mol. The molecule has 0 saturated carbocycles. The lowest BCUT2D eigenvalue weighted by Crippen LogP contribution is -2.26. The molecule has 2 N–H and O–H groups in total. The SMILES string of the molecule is CN(C)c1cccc2c(S(=O)(=O)NCCc3c[nH]cn3)cccc12. The minimum atomic E-state index is -3.59. The predicted octanol–water partition coefficient (Wildman–Crippen LogP) is 2.15. The quantitative estimate of drug-likeness (QED) is 0.718. The molecule has 3 aromatic rings. The van der Waals surface area contributed by atoms with Crippen molar-refractivity contribution in [2.45, 2.75) is 11.3 Å². The van der Waals surface area contributed by atoms with Crippen molar-refractivity contribution in [1.82, 2.24) is 14.7 Å². The Kier molecular flexibility index (Phi) is 4.55. The van der Waals surface area contributed by atoms with Crippen LogP contribution < -0.4 is 9.62 Å². The number of nitrogens with zero attached hydrogens (tertiary/aromatic N) is 2. The number of imidazole rings is 1. The molecule has 1 aromatic heterocycles. The second-order valence-electron chi connectivity index (χ2n) is 5.73. The normalized spacial score (nSPS) is 11.8. The van der Waals surface area contributed by atoms with Gasteiger partial charge in [0.15, 0.2) is 0 Å². The Morgan fingerprint density at radius 2 is 1.88 bits per heavy atom. The zero-order valence-electron chi connectivity index (χ0n) is 13.7. The summed E-state index contributed by atoms with van der Waals surface area (Å²) < 4.78 is 28.1. The first kappa shape index (κ1) is 16.5. The lowest BCUT2D eigenvalue weighted by atomic mass is 10.1. The van der Waals surface area contributed by atoms with E-state index in [4.69, 9.17) is 0 Å². The average molecular weight is 344 g/mol. The van der Waals surface area contributed by atoms with Gasteiger partial charge >= 0.3 is 0 Å². The maximum absolute atomic E-state index is 12.7. The number of nitrogens with one attached hydrogen (secondary N) is 2. The molecule has 0 aliphatic heterocycles. The van der Waals surface area contributed by atoms with Crippen LogP contribution in [0.15, 0.2) is 53.8 Å². The van der Waals surface area contributed by atoms with Crippen LogP contribution >= 0.6 is 0 Å². The second kappa shape index (κ2) is 6.62. The van der Waals surface area contributed by atoms with Crippen molar-refractivity contribution in [3.8, 4) is 0 Å². The number of hydrogen-bond donors (Lipinski definition) is 2. The number of aromatic amines is 1. The molecular formula is C17H20N4O2S. The third-order valence-electron chi connectivity index (χ3n) is 3.86. The largest absolute Gasteiger partial charge is 0.377 e. The van der Waals surface area contributed by atoms with Crippen molar-refractivity contribution in [3.05, 3.63) is 54.6 Å². The van der Waals surface area contributed by atoms with Crippen molar-refractivity contribution in [2.24, 2.45) is 0 Å². The average Bonchev–Trinajstić information content (AvgIpc) is 3.06. The molecule has 0 unspecified atom stereocenters. The molecule has 7 heteroatoms. The smallest absolute Gasteiger partial charge is 0.241 e. The van der Waals surface area contributed by atoms with Crippen molar-refractivity contribution in [1.29, 1.82) is 0 Å². The summed E-state index contributed by atoms with van der Waals surface area (Å²) in [5.74, 6) is 0. The van der Waals surface area contributed by atoms with E-state index in [9.17, 15) is 8.42 Å². The van der Waals surface area contributed by atoms with Gasteiger partial charge in [-0.05, 0) is 12.1 Å². The fraction of sp³-hybridized carbons (Fsp3) is 0.235. The molecule has 0 spiro atoms. The molecule has 2 aromatic carbocycles. The Labute approximate surface area is 141 Å². The number of anilines is 1. The fourth-order valence-electron chi connectivity index (χ4n) is 2.71. The molecule has 6 nitrogen and oxygen atoms in total. The number of H-pyrrole nitrogens is 1. The molecule has 0 atom stereocenters. The van der Waals surface area contributed by atoms with E-state index in [1.165, 1.54) is 0 Å². The highest BCUT2D eigenvalue weighted by Crippen LogP contribution is 2.29. The summed E-state index contributed by atoms with van der Waals surface area (Å²) in [7, 11) is 0.296. The van der Waals surface area contributed by atoms with Crippen LogP contribution in [0.2, 0.25) is 0 Å². The Balaban J connectivity index is 1.91. The Hall–Kier alpha value is -2.38. The number of rotatable bonds is 6. The van der Waals surface area contributed by atoms with Crippen molar-refractivity contribution >= 4 is 26.5 Å². The molecule has 0 aliphatic rings. The molecule has 3 rings (SSSR count). The van der Waals surface area contributed by atoms with Crippen LogP contribution in [0.25, 0.3) is 10.8 Å². The summed E-state index contributed by atoms with van der Waals surface area (Å²) >= 11 is 0. The summed E-state index contributed by atoms with van der Waals surface area (Å²) in [6.07, 6.45) is 3.88. The van der Waals surface area contributed by atoms with Gasteiger partial charge in [0.25, 0.3) is 0 Å². The maximum Gasteiger partial charge on any atom is 0.241 e. The number of fused-ring (bicyclic) bond motifs is 1. The Morgan fingerprint density at radius 3 is 2.58 bits per heavy atom. The van der Waals surface area contributed by atoms with Gasteiger partial charge in [-0.25, -0.2) is 18.1 Å². The first-order valence-electron chi connectivity index (χ1n) is 7.65. The zero-order chi connectivity index (χ0) is 17.2. The van der Waals surface area contributed by atoms with Gasteiger partial charge in [0.2, 0.25) is 10.0 Å². The van der Waals surface area contributed by atoms with Gasteiger partial charge in [-0.2, -0.15) is 0 Å². The highest BCUT2D eigenvalue weighted by molar-refractivity contribution is 7.89. The minimum Gasteiger partial charge on any atom is -0.377 e. The van der Waals surface area contributed by atoms with Crippen LogP contribution in [0.4, 0.5) is 5.69 Å². The summed E-state index contributed by atoms with van der Waals surface area (Å²) in [4.78, 5) is 9.22.